The average molecular weight is 181 g/mol. The molecule has 1 aromatic rings. The number of nitrogen functional groups attached to an aromatic ring is 1. The van der Waals surface area contributed by atoms with Crippen LogP contribution in [0.1, 0.15) is 5.56 Å². The van der Waals surface area contributed by atoms with Crippen molar-refractivity contribution in [2.75, 3.05) is 26.0 Å². The second kappa shape index (κ2) is 5.50. The molecule has 4 nitrogen and oxygen atoms in total. The third-order valence-corrected chi connectivity index (χ3v) is 1.74. The van der Waals surface area contributed by atoms with Crippen molar-refractivity contribution in [3.05, 3.63) is 24.0 Å². The van der Waals surface area contributed by atoms with Crippen LogP contribution in [-0.4, -0.2) is 25.2 Å². The van der Waals surface area contributed by atoms with Gasteiger partial charge in [-0.1, -0.05) is 0 Å². The summed E-state index contributed by atoms with van der Waals surface area (Å²) in [5, 5.41) is 3.21. The van der Waals surface area contributed by atoms with Crippen molar-refractivity contribution in [1.82, 2.24) is 10.3 Å². The molecule has 1 rings (SSSR count). The molecule has 3 N–H and O–H groups in total. The zero-order valence-electron chi connectivity index (χ0n) is 7.79. The standard InChI is InChI=1S/C9H15N3O/c1-13-5-4-12-6-8-2-3-11-7-9(8)10/h2-3,7,12H,4-6,10H2,1H3. The van der Waals surface area contributed by atoms with Gasteiger partial charge in [-0.05, 0) is 11.6 Å². The van der Waals surface area contributed by atoms with E-state index in [-0.39, 0.29) is 0 Å². The quantitative estimate of drug-likeness (QED) is 0.645. The Morgan fingerprint density at radius 1 is 1.62 bits per heavy atom. The summed E-state index contributed by atoms with van der Waals surface area (Å²) in [6.45, 7) is 2.31. The second-order valence-electron chi connectivity index (χ2n) is 2.74. The van der Waals surface area contributed by atoms with Gasteiger partial charge in [-0.25, -0.2) is 0 Å². The summed E-state index contributed by atoms with van der Waals surface area (Å²) in [5.41, 5.74) is 7.51. The van der Waals surface area contributed by atoms with Crippen LogP contribution in [-0.2, 0) is 11.3 Å². The van der Waals surface area contributed by atoms with Crippen molar-refractivity contribution in [1.29, 1.82) is 0 Å². The van der Waals surface area contributed by atoms with E-state index in [4.69, 9.17) is 10.5 Å². The van der Waals surface area contributed by atoms with Crippen LogP contribution < -0.4 is 11.1 Å². The van der Waals surface area contributed by atoms with E-state index in [0.717, 1.165) is 24.3 Å². The molecular formula is C9H15N3O. The Hall–Kier alpha value is -1.13. The van der Waals surface area contributed by atoms with Crippen LogP contribution in [0.15, 0.2) is 18.5 Å². The Labute approximate surface area is 78.1 Å². The van der Waals surface area contributed by atoms with E-state index < -0.39 is 0 Å². The van der Waals surface area contributed by atoms with Crippen LogP contribution in [0.3, 0.4) is 0 Å². The first kappa shape index (κ1) is 9.95. The predicted octanol–water partition coefficient (Wildman–Crippen LogP) is 0.400. The third kappa shape index (κ3) is 3.40. The molecular weight excluding hydrogens is 166 g/mol. The molecule has 0 aromatic carbocycles. The zero-order chi connectivity index (χ0) is 9.52. The van der Waals surface area contributed by atoms with Crippen LogP contribution in [0.25, 0.3) is 0 Å². The highest BCUT2D eigenvalue weighted by Crippen LogP contribution is 2.07. The summed E-state index contributed by atoms with van der Waals surface area (Å²) in [4.78, 5) is 3.91. The van der Waals surface area contributed by atoms with Gasteiger partial charge in [0, 0.05) is 26.4 Å². The molecule has 0 aliphatic rings. The summed E-state index contributed by atoms with van der Waals surface area (Å²) in [6.07, 6.45) is 3.40. The Morgan fingerprint density at radius 2 is 2.46 bits per heavy atom. The molecule has 72 valence electrons. The monoisotopic (exact) mass is 181 g/mol. The van der Waals surface area contributed by atoms with Crippen LogP contribution in [0.2, 0.25) is 0 Å². The molecule has 1 aromatic heterocycles. The molecule has 0 fully saturated rings. The molecule has 0 saturated carbocycles. The summed E-state index contributed by atoms with van der Waals surface area (Å²) in [7, 11) is 1.68. The van der Waals surface area contributed by atoms with E-state index >= 15 is 0 Å². The minimum atomic E-state index is 0.713. The first-order chi connectivity index (χ1) is 6.34. The lowest BCUT2D eigenvalue weighted by Crippen LogP contribution is -2.19. The summed E-state index contributed by atoms with van der Waals surface area (Å²) < 4.78 is 4.90. The fourth-order valence-corrected chi connectivity index (χ4v) is 0.994. The topological polar surface area (TPSA) is 60.2 Å². The summed E-state index contributed by atoms with van der Waals surface area (Å²) in [5.74, 6) is 0. The van der Waals surface area contributed by atoms with E-state index in [9.17, 15) is 0 Å². The van der Waals surface area contributed by atoms with Gasteiger partial charge in [0.1, 0.15) is 0 Å². The highest BCUT2D eigenvalue weighted by molar-refractivity contribution is 5.43. The number of methoxy groups -OCH3 is 1. The number of ether oxygens (including phenoxy) is 1. The highest BCUT2D eigenvalue weighted by atomic mass is 16.5. The lowest BCUT2D eigenvalue weighted by Gasteiger charge is -2.05. The molecule has 1 heterocycles. The van der Waals surface area contributed by atoms with Crippen molar-refractivity contribution in [3.63, 3.8) is 0 Å². The highest BCUT2D eigenvalue weighted by Gasteiger charge is 1.96. The van der Waals surface area contributed by atoms with Gasteiger partial charge in [-0.2, -0.15) is 0 Å². The van der Waals surface area contributed by atoms with Crippen LogP contribution in [0.5, 0.6) is 0 Å². The third-order valence-electron chi connectivity index (χ3n) is 1.74. The number of nitrogens with zero attached hydrogens (tertiary/aromatic N) is 1. The van der Waals surface area contributed by atoms with Crippen molar-refractivity contribution in [3.8, 4) is 0 Å². The molecule has 0 unspecified atom stereocenters. The molecule has 0 saturated heterocycles. The Balaban J connectivity index is 2.32. The Bertz CT molecular complexity index is 252. The molecule has 0 spiro atoms. The number of anilines is 1. The molecule has 0 radical (unpaired) electrons. The predicted molar refractivity (Wildman–Crippen MR) is 52.2 cm³/mol. The number of hydrogen-bond donors (Lipinski definition) is 2. The molecule has 13 heavy (non-hydrogen) atoms. The Morgan fingerprint density at radius 3 is 3.15 bits per heavy atom. The van der Waals surface area contributed by atoms with Crippen LogP contribution in [0.4, 0.5) is 5.69 Å². The summed E-state index contributed by atoms with van der Waals surface area (Å²) in [6, 6.07) is 1.91. The number of pyridine rings is 1. The van der Waals surface area contributed by atoms with Crippen molar-refractivity contribution in [2.24, 2.45) is 0 Å². The molecule has 4 heteroatoms. The number of nitrogens with one attached hydrogen (secondary N) is 1. The van der Waals surface area contributed by atoms with Crippen molar-refractivity contribution < 1.29 is 4.74 Å². The van der Waals surface area contributed by atoms with Gasteiger partial charge in [0.2, 0.25) is 0 Å². The zero-order valence-corrected chi connectivity index (χ0v) is 7.79. The Kier molecular flexibility index (Phi) is 4.21. The van der Waals surface area contributed by atoms with Crippen LogP contribution in [0, 0.1) is 0 Å². The van der Waals surface area contributed by atoms with E-state index in [1.807, 2.05) is 6.07 Å². The molecule has 0 aliphatic carbocycles. The minimum absolute atomic E-state index is 0.713. The smallest absolute Gasteiger partial charge is 0.0587 e. The van der Waals surface area contributed by atoms with E-state index in [2.05, 4.69) is 10.3 Å². The lowest BCUT2D eigenvalue weighted by molar-refractivity contribution is 0.199. The maximum Gasteiger partial charge on any atom is 0.0587 e. The van der Waals surface area contributed by atoms with E-state index in [1.54, 1.807) is 19.5 Å². The fourth-order valence-electron chi connectivity index (χ4n) is 0.994. The minimum Gasteiger partial charge on any atom is -0.397 e. The first-order valence-electron chi connectivity index (χ1n) is 4.22. The second-order valence-corrected chi connectivity index (χ2v) is 2.74. The van der Waals surface area contributed by atoms with Gasteiger partial charge in [0.25, 0.3) is 0 Å². The average Bonchev–Trinajstić information content (AvgIpc) is 2.15. The summed E-state index contributed by atoms with van der Waals surface area (Å²) >= 11 is 0. The molecule has 0 bridgehead atoms. The number of nitrogens with two attached hydrogens (primary N) is 1. The first-order valence-corrected chi connectivity index (χ1v) is 4.22. The maximum atomic E-state index is 5.70. The van der Waals surface area contributed by atoms with Crippen molar-refractivity contribution >= 4 is 5.69 Å². The van der Waals surface area contributed by atoms with Gasteiger partial charge < -0.3 is 15.8 Å². The van der Waals surface area contributed by atoms with Gasteiger partial charge in [-0.3, -0.25) is 4.98 Å². The van der Waals surface area contributed by atoms with Gasteiger partial charge in [-0.15, -0.1) is 0 Å². The number of rotatable bonds is 5. The van der Waals surface area contributed by atoms with Crippen molar-refractivity contribution in [2.45, 2.75) is 6.54 Å². The maximum absolute atomic E-state index is 5.70. The largest absolute Gasteiger partial charge is 0.397 e. The molecule has 0 aliphatic heterocycles. The van der Waals surface area contributed by atoms with Gasteiger partial charge >= 0.3 is 0 Å². The SMILES string of the molecule is COCCNCc1ccncc1N. The van der Waals surface area contributed by atoms with Crippen LogP contribution >= 0.6 is 0 Å². The van der Waals surface area contributed by atoms with E-state index in [0.29, 0.717) is 6.61 Å². The van der Waals surface area contributed by atoms with Gasteiger partial charge in [0.15, 0.2) is 0 Å². The van der Waals surface area contributed by atoms with Gasteiger partial charge in [0.05, 0.1) is 18.5 Å². The molecule has 0 atom stereocenters. The normalized spacial score (nSPS) is 10.2. The number of hydrogen-bond acceptors (Lipinski definition) is 4. The molecule has 0 amide bonds. The van der Waals surface area contributed by atoms with E-state index in [1.165, 1.54) is 0 Å². The fraction of sp³-hybridized carbons (Fsp3) is 0.444. The number of aromatic nitrogens is 1. The lowest BCUT2D eigenvalue weighted by atomic mass is 10.2.